The van der Waals surface area contributed by atoms with Crippen LogP contribution < -0.4 is 10.2 Å². The molecule has 3 rings (SSSR count). The molecule has 0 fully saturated rings. The van der Waals surface area contributed by atoms with Gasteiger partial charge in [-0.1, -0.05) is 18.7 Å². The van der Waals surface area contributed by atoms with Crippen molar-refractivity contribution in [3.8, 4) is 0 Å². The molecule has 6 nitrogen and oxygen atoms in total. The van der Waals surface area contributed by atoms with Gasteiger partial charge in [0.15, 0.2) is 0 Å². The first-order valence-electron chi connectivity index (χ1n) is 7.94. The lowest BCUT2D eigenvalue weighted by atomic mass is 10.1. The standard InChI is InChI=1S/C18H20N4O2/c1-3-16(23)19-12-14-4-6-15(7-5-14)18(24)22-13(2)9-11-21-17(22)8-10-20-21/h3-8,10,13H,1,9,11-12H2,2H3,(H,19,23). The molecule has 0 saturated heterocycles. The number of fused-ring (bicyclic) bond motifs is 1. The quantitative estimate of drug-likeness (QED) is 0.876. The molecule has 0 saturated carbocycles. The minimum atomic E-state index is -0.217. The van der Waals surface area contributed by atoms with Gasteiger partial charge in [0.2, 0.25) is 5.91 Å². The van der Waals surface area contributed by atoms with Gasteiger partial charge in [0.1, 0.15) is 5.82 Å². The zero-order valence-electron chi connectivity index (χ0n) is 13.6. The smallest absolute Gasteiger partial charge is 0.259 e. The van der Waals surface area contributed by atoms with Crippen molar-refractivity contribution in [3.05, 3.63) is 60.3 Å². The predicted octanol–water partition coefficient (Wildman–Crippen LogP) is 2.12. The van der Waals surface area contributed by atoms with Crippen molar-refractivity contribution in [3.63, 3.8) is 0 Å². The Morgan fingerprint density at radius 2 is 2.08 bits per heavy atom. The number of hydrogen-bond donors (Lipinski definition) is 1. The summed E-state index contributed by atoms with van der Waals surface area (Å²) >= 11 is 0. The summed E-state index contributed by atoms with van der Waals surface area (Å²) in [5.41, 5.74) is 1.55. The van der Waals surface area contributed by atoms with Gasteiger partial charge in [0.25, 0.3) is 5.91 Å². The highest BCUT2D eigenvalue weighted by Gasteiger charge is 2.29. The van der Waals surface area contributed by atoms with Crippen LogP contribution >= 0.6 is 0 Å². The fourth-order valence-corrected chi connectivity index (χ4v) is 2.84. The zero-order chi connectivity index (χ0) is 17.1. The van der Waals surface area contributed by atoms with Crippen LogP contribution in [0.2, 0.25) is 0 Å². The number of hydrogen-bond acceptors (Lipinski definition) is 3. The SMILES string of the molecule is C=CC(=O)NCc1ccc(C(=O)N2c3ccnn3CCC2C)cc1. The Morgan fingerprint density at radius 3 is 2.79 bits per heavy atom. The third-order valence-electron chi connectivity index (χ3n) is 4.21. The average molecular weight is 324 g/mol. The van der Waals surface area contributed by atoms with Gasteiger partial charge in [0.05, 0.1) is 6.20 Å². The summed E-state index contributed by atoms with van der Waals surface area (Å²) in [6, 6.07) is 9.28. The maximum atomic E-state index is 12.9. The van der Waals surface area contributed by atoms with Crippen LogP contribution in [0.15, 0.2) is 49.2 Å². The van der Waals surface area contributed by atoms with E-state index in [0.717, 1.165) is 24.3 Å². The molecular formula is C18H20N4O2. The van der Waals surface area contributed by atoms with E-state index in [0.29, 0.717) is 12.1 Å². The van der Waals surface area contributed by atoms with E-state index in [1.54, 1.807) is 23.2 Å². The van der Waals surface area contributed by atoms with Gasteiger partial charge < -0.3 is 5.32 Å². The molecule has 1 aromatic heterocycles. The lowest BCUT2D eigenvalue weighted by Crippen LogP contribution is -2.43. The van der Waals surface area contributed by atoms with Crippen molar-refractivity contribution in [2.24, 2.45) is 0 Å². The predicted molar refractivity (Wildman–Crippen MR) is 91.6 cm³/mol. The van der Waals surface area contributed by atoms with Crippen molar-refractivity contribution in [1.29, 1.82) is 0 Å². The first kappa shape index (κ1) is 16.0. The van der Waals surface area contributed by atoms with Gasteiger partial charge in [0, 0.05) is 30.8 Å². The van der Waals surface area contributed by atoms with Gasteiger partial charge in [-0.25, -0.2) is 4.68 Å². The Morgan fingerprint density at radius 1 is 1.33 bits per heavy atom. The van der Waals surface area contributed by atoms with Crippen LogP contribution in [0.3, 0.4) is 0 Å². The van der Waals surface area contributed by atoms with Crippen molar-refractivity contribution in [2.75, 3.05) is 4.90 Å². The molecule has 1 aliphatic heterocycles. The third kappa shape index (κ3) is 3.08. The number of amides is 2. The van der Waals surface area contributed by atoms with E-state index in [9.17, 15) is 9.59 Å². The van der Waals surface area contributed by atoms with Gasteiger partial charge >= 0.3 is 0 Å². The number of nitrogens with one attached hydrogen (secondary N) is 1. The van der Waals surface area contributed by atoms with Crippen LogP contribution in [0, 0.1) is 0 Å². The minimum absolute atomic E-state index is 0.0365. The average Bonchev–Trinajstić information content (AvgIpc) is 3.08. The van der Waals surface area contributed by atoms with Crippen molar-refractivity contribution < 1.29 is 9.59 Å². The van der Waals surface area contributed by atoms with E-state index in [1.807, 2.05) is 29.8 Å². The molecule has 1 aromatic carbocycles. The van der Waals surface area contributed by atoms with Crippen LogP contribution in [0.4, 0.5) is 5.82 Å². The summed E-state index contributed by atoms with van der Waals surface area (Å²) in [5, 5.41) is 6.97. The summed E-state index contributed by atoms with van der Waals surface area (Å²) < 4.78 is 1.86. The van der Waals surface area contributed by atoms with Crippen molar-refractivity contribution in [2.45, 2.75) is 32.5 Å². The van der Waals surface area contributed by atoms with Crippen LogP contribution in [0.1, 0.15) is 29.3 Å². The molecule has 0 radical (unpaired) electrons. The number of benzene rings is 1. The summed E-state index contributed by atoms with van der Waals surface area (Å²) in [7, 11) is 0. The number of aromatic nitrogens is 2. The second-order valence-corrected chi connectivity index (χ2v) is 5.84. The molecule has 2 aromatic rings. The molecule has 0 spiro atoms. The fraction of sp³-hybridized carbons (Fsp3) is 0.278. The summed E-state index contributed by atoms with van der Waals surface area (Å²) in [6.45, 7) is 6.70. The monoisotopic (exact) mass is 324 g/mol. The molecule has 1 atom stereocenters. The molecule has 1 N–H and O–H groups in total. The fourth-order valence-electron chi connectivity index (χ4n) is 2.84. The molecule has 1 unspecified atom stereocenters. The highest BCUT2D eigenvalue weighted by Crippen LogP contribution is 2.26. The number of rotatable bonds is 4. The van der Waals surface area contributed by atoms with E-state index < -0.39 is 0 Å². The molecule has 124 valence electrons. The Labute approximate surface area is 140 Å². The summed E-state index contributed by atoms with van der Waals surface area (Å²) in [5.74, 6) is 0.581. The van der Waals surface area contributed by atoms with E-state index in [4.69, 9.17) is 0 Å². The second kappa shape index (κ2) is 6.70. The molecule has 1 aliphatic rings. The molecule has 2 heterocycles. The molecular weight excluding hydrogens is 304 g/mol. The molecule has 0 bridgehead atoms. The van der Waals surface area contributed by atoms with Crippen LogP contribution in [-0.4, -0.2) is 27.6 Å². The maximum absolute atomic E-state index is 12.9. The van der Waals surface area contributed by atoms with Crippen molar-refractivity contribution in [1.82, 2.24) is 15.1 Å². The topological polar surface area (TPSA) is 67.2 Å². The van der Waals surface area contributed by atoms with E-state index in [-0.39, 0.29) is 17.9 Å². The summed E-state index contributed by atoms with van der Waals surface area (Å²) in [6.07, 6.45) is 3.84. The Kier molecular flexibility index (Phi) is 4.46. The molecule has 6 heteroatoms. The second-order valence-electron chi connectivity index (χ2n) is 5.84. The van der Waals surface area contributed by atoms with Crippen LogP contribution in [0.25, 0.3) is 0 Å². The number of aryl methyl sites for hydroxylation is 1. The minimum Gasteiger partial charge on any atom is -0.348 e. The van der Waals surface area contributed by atoms with Gasteiger partial charge in [-0.05, 0) is 37.1 Å². The molecule has 2 amide bonds. The maximum Gasteiger partial charge on any atom is 0.259 e. The highest BCUT2D eigenvalue weighted by atomic mass is 16.2. The van der Waals surface area contributed by atoms with E-state index in [1.165, 1.54) is 6.08 Å². The van der Waals surface area contributed by atoms with Gasteiger partial charge in [-0.3, -0.25) is 14.5 Å². The first-order valence-corrected chi connectivity index (χ1v) is 7.94. The Hall–Kier alpha value is -2.89. The third-order valence-corrected chi connectivity index (χ3v) is 4.21. The number of carbonyl (C=O) groups excluding carboxylic acids is 2. The van der Waals surface area contributed by atoms with Gasteiger partial charge in [-0.2, -0.15) is 5.10 Å². The summed E-state index contributed by atoms with van der Waals surface area (Å²) in [4.78, 5) is 25.9. The largest absolute Gasteiger partial charge is 0.348 e. The Bertz CT molecular complexity index is 764. The number of carbonyl (C=O) groups is 2. The highest BCUT2D eigenvalue weighted by molar-refractivity contribution is 6.06. The zero-order valence-corrected chi connectivity index (χ0v) is 13.6. The van der Waals surface area contributed by atoms with Crippen LogP contribution in [0.5, 0.6) is 0 Å². The molecule has 24 heavy (non-hydrogen) atoms. The lowest BCUT2D eigenvalue weighted by molar-refractivity contribution is -0.116. The Balaban J connectivity index is 1.76. The molecule has 0 aliphatic carbocycles. The van der Waals surface area contributed by atoms with E-state index >= 15 is 0 Å². The number of nitrogens with zero attached hydrogens (tertiary/aromatic N) is 3. The van der Waals surface area contributed by atoms with Crippen LogP contribution in [-0.2, 0) is 17.9 Å². The van der Waals surface area contributed by atoms with Crippen molar-refractivity contribution >= 4 is 17.6 Å². The normalized spacial score (nSPS) is 16.4. The van der Waals surface area contributed by atoms with E-state index in [2.05, 4.69) is 17.0 Å². The lowest BCUT2D eigenvalue weighted by Gasteiger charge is -2.33. The number of anilines is 1. The van der Waals surface area contributed by atoms with Gasteiger partial charge in [-0.15, -0.1) is 0 Å². The first-order chi connectivity index (χ1) is 11.6.